The van der Waals surface area contributed by atoms with Crippen LogP contribution in [0.4, 0.5) is 0 Å². The van der Waals surface area contributed by atoms with Crippen molar-refractivity contribution in [2.45, 2.75) is 90.3 Å². The van der Waals surface area contributed by atoms with Crippen LogP contribution in [-0.4, -0.2) is 47.0 Å². The zero-order chi connectivity index (χ0) is 23.3. The van der Waals surface area contributed by atoms with Crippen LogP contribution in [0.2, 0.25) is 0 Å². The van der Waals surface area contributed by atoms with E-state index in [2.05, 4.69) is 13.8 Å². The van der Waals surface area contributed by atoms with Crippen molar-refractivity contribution in [2.24, 2.45) is 34.5 Å². The first-order valence-electron chi connectivity index (χ1n) is 12.2. The highest BCUT2D eigenvalue weighted by Crippen LogP contribution is 2.69. The van der Waals surface area contributed by atoms with Gasteiger partial charge in [-0.1, -0.05) is 13.8 Å². The molecule has 0 radical (unpaired) electrons. The third-order valence-electron chi connectivity index (χ3n) is 10.0. The Bertz CT molecular complexity index is 784. The Labute approximate surface area is 195 Å². The number of alkyl halides is 1. The normalized spacial score (nSPS) is 45.2. The van der Waals surface area contributed by atoms with Gasteiger partial charge in [-0.2, -0.15) is 0 Å². The van der Waals surface area contributed by atoms with Gasteiger partial charge in [0.1, 0.15) is 18.6 Å². The Morgan fingerprint density at radius 1 is 1.00 bits per heavy atom. The van der Waals surface area contributed by atoms with Crippen molar-refractivity contribution >= 4 is 29.3 Å². The molecule has 8 atom stereocenters. The number of rotatable bonds is 5. The number of aliphatic hydroxyl groups is 1. The van der Waals surface area contributed by atoms with E-state index in [1.54, 1.807) is 0 Å². The number of esters is 2. The van der Waals surface area contributed by atoms with Crippen LogP contribution in [0.25, 0.3) is 0 Å². The van der Waals surface area contributed by atoms with Gasteiger partial charge in [0.05, 0.1) is 5.60 Å². The highest BCUT2D eigenvalue weighted by molar-refractivity contribution is 6.26. The highest BCUT2D eigenvalue weighted by atomic mass is 35.5. The number of fused-ring (bicyclic) bond motifs is 5. The topological polar surface area (TPSA) is 89.9 Å². The Hall–Kier alpha value is -1.14. The molecule has 7 heteroatoms. The van der Waals surface area contributed by atoms with Crippen LogP contribution in [0.1, 0.15) is 78.6 Å². The quantitative estimate of drug-likeness (QED) is 0.483. The second kappa shape index (κ2) is 8.57. The number of ether oxygens (including phenoxy) is 2. The molecular weight excluding hydrogens is 432 g/mol. The van der Waals surface area contributed by atoms with Gasteiger partial charge < -0.3 is 14.6 Å². The molecule has 4 aliphatic carbocycles. The van der Waals surface area contributed by atoms with Gasteiger partial charge in [-0.25, -0.2) is 0 Å². The first-order valence-corrected chi connectivity index (χ1v) is 12.7. The molecule has 0 heterocycles. The second-order valence-electron chi connectivity index (χ2n) is 11.2. The van der Waals surface area contributed by atoms with Gasteiger partial charge >= 0.3 is 11.9 Å². The van der Waals surface area contributed by atoms with E-state index < -0.39 is 17.0 Å². The second-order valence-corrected chi connectivity index (χ2v) is 11.5. The van der Waals surface area contributed by atoms with Gasteiger partial charge in [-0.15, -0.1) is 11.6 Å². The molecule has 0 aromatic heterocycles. The summed E-state index contributed by atoms with van der Waals surface area (Å²) in [6.07, 6.45) is 7.89. The summed E-state index contributed by atoms with van der Waals surface area (Å²) in [6.45, 7) is 5.69. The number of hydrogen-bond acceptors (Lipinski definition) is 6. The highest BCUT2D eigenvalue weighted by Gasteiger charge is 2.68. The summed E-state index contributed by atoms with van der Waals surface area (Å²) in [5.74, 6) is -0.337. The van der Waals surface area contributed by atoms with Crippen molar-refractivity contribution in [2.75, 3.05) is 12.5 Å². The average Bonchev–Trinajstić information content (AvgIpc) is 3.03. The maximum atomic E-state index is 13.0. The molecule has 0 unspecified atom stereocenters. The van der Waals surface area contributed by atoms with Crippen molar-refractivity contribution in [3.8, 4) is 0 Å². The molecule has 32 heavy (non-hydrogen) atoms. The van der Waals surface area contributed by atoms with Crippen LogP contribution in [-0.2, 0) is 23.9 Å². The largest absolute Gasteiger partial charge is 0.463 e. The lowest BCUT2D eigenvalue weighted by Gasteiger charge is -2.63. The fourth-order valence-corrected chi connectivity index (χ4v) is 8.41. The fourth-order valence-electron chi connectivity index (χ4n) is 8.33. The molecule has 0 aromatic carbocycles. The number of carbonyl (C=O) groups is 3. The molecule has 0 bridgehead atoms. The number of ketones is 1. The third kappa shape index (κ3) is 3.70. The Kier molecular flexibility index (Phi) is 6.43. The van der Waals surface area contributed by atoms with E-state index in [9.17, 15) is 19.5 Å². The minimum Gasteiger partial charge on any atom is -0.463 e. The molecule has 1 N–H and O–H groups in total. The average molecular weight is 469 g/mol. The van der Waals surface area contributed by atoms with Crippen LogP contribution < -0.4 is 0 Å². The first-order chi connectivity index (χ1) is 15.0. The predicted octanol–water partition coefficient (Wildman–Crippen LogP) is 4.04. The van der Waals surface area contributed by atoms with E-state index in [1.807, 2.05) is 0 Å². The van der Waals surface area contributed by atoms with E-state index >= 15 is 0 Å². The summed E-state index contributed by atoms with van der Waals surface area (Å²) in [4.78, 5) is 35.8. The maximum absolute atomic E-state index is 13.0. The Balaban J connectivity index is 1.51. The molecule has 4 aliphatic rings. The number of hydrogen-bond donors (Lipinski definition) is 1. The van der Waals surface area contributed by atoms with Crippen molar-refractivity contribution < 1.29 is 29.0 Å². The van der Waals surface area contributed by atoms with Gasteiger partial charge in [0.25, 0.3) is 0 Å². The van der Waals surface area contributed by atoms with Crippen molar-refractivity contribution in [1.82, 2.24) is 0 Å². The molecule has 0 aliphatic heterocycles. The maximum Gasteiger partial charge on any atom is 0.321 e. The molecular formula is C25H37ClO6. The molecule has 0 amide bonds. The number of carbonyl (C=O) groups excluding carboxylic acids is 3. The third-order valence-corrected chi connectivity index (χ3v) is 10.2. The lowest BCUT2D eigenvalue weighted by atomic mass is 9.43. The van der Waals surface area contributed by atoms with Crippen molar-refractivity contribution in [3.05, 3.63) is 0 Å². The van der Waals surface area contributed by atoms with Crippen LogP contribution in [0.3, 0.4) is 0 Å². The van der Waals surface area contributed by atoms with Gasteiger partial charge in [0, 0.05) is 18.3 Å². The van der Waals surface area contributed by atoms with Crippen molar-refractivity contribution in [3.63, 3.8) is 0 Å². The lowest BCUT2D eigenvalue weighted by molar-refractivity contribution is -0.212. The smallest absolute Gasteiger partial charge is 0.321 e. The monoisotopic (exact) mass is 468 g/mol. The van der Waals surface area contributed by atoms with E-state index in [0.717, 1.165) is 44.9 Å². The summed E-state index contributed by atoms with van der Waals surface area (Å²) >= 11 is 5.48. The van der Waals surface area contributed by atoms with Crippen LogP contribution in [0.15, 0.2) is 0 Å². The molecule has 0 saturated heterocycles. The molecule has 4 rings (SSSR count). The number of Topliss-reactive ketones (excluding diaryl/α,β-unsaturated/α-hetero) is 1. The van der Waals surface area contributed by atoms with Crippen LogP contribution in [0, 0.1) is 34.5 Å². The van der Waals surface area contributed by atoms with Gasteiger partial charge in [-0.05, 0) is 81.0 Å². The van der Waals surface area contributed by atoms with E-state index in [4.69, 9.17) is 21.1 Å². The SMILES string of the molecule is CC(=O)O[C@H]1CC[C@@]2(C)[C@H](CC[C@@H]3[C@@H]2CC[C@]2(C)[C@H](C(=O)COC(=O)CCl)CC[C@]32O)C1. The Morgan fingerprint density at radius 3 is 2.44 bits per heavy atom. The number of halogens is 1. The summed E-state index contributed by atoms with van der Waals surface area (Å²) in [5.41, 5.74) is -1.22. The molecule has 4 saturated carbocycles. The molecule has 4 fully saturated rings. The summed E-state index contributed by atoms with van der Waals surface area (Å²) in [5, 5.41) is 12.1. The van der Waals surface area contributed by atoms with E-state index in [1.165, 1.54) is 6.92 Å². The first kappa shape index (κ1) is 24.0. The minimum atomic E-state index is -0.868. The Morgan fingerprint density at radius 2 is 1.75 bits per heavy atom. The van der Waals surface area contributed by atoms with Crippen LogP contribution >= 0.6 is 11.6 Å². The molecule has 0 spiro atoms. The molecule has 180 valence electrons. The molecule has 6 nitrogen and oxygen atoms in total. The summed E-state index contributed by atoms with van der Waals surface area (Å²) < 4.78 is 10.6. The fraction of sp³-hybridized carbons (Fsp3) is 0.880. The lowest BCUT2D eigenvalue weighted by Crippen LogP contribution is -2.62. The predicted molar refractivity (Wildman–Crippen MR) is 119 cm³/mol. The van der Waals surface area contributed by atoms with Crippen molar-refractivity contribution in [1.29, 1.82) is 0 Å². The summed E-state index contributed by atoms with van der Waals surface area (Å²) in [7, 11) is 0. The van der Waals surface area contributed by atoms with E-state index in [0.29, 0.717) is 24.7 Å². The van der Waals surface area contributed by atoms with Gasteiger partial charge in [0.15, 0.2) is 5.78 Å². The minimum absolute atomic E-state index is 0.0169. The molecule has 0 aromatic rings. The zero-order valence-electron chi connectivity index (χ0n) is 19.5. The van der Waals surface area contributed by atoms with Gasteiger partial charge in [-0.3, -0.25) is 14.4 Å². The van der Waals surface area contributed by atoms with Gasteiger partial charge in [0.2, 0.25) is 0 Å². The zero-order valence-corrected chi connectivity index (χ0v) is 20.3. The summed E-state index contributed by atoms with van der Waals surface area (Å²) in [6, 6.07) is 0. The standard InChI is InChI=1S/C25H37ClO6/c1-15(27)32-17-6-9-23(2)16(12-17)4-5-19-18(23)7-10-24(3)20(8-11-25(19,24)30)21(28)14-31-22(29)13-26/h16-20,30H,4-14H2,1-3H3/t16-,17+,18+,19-,20+,23+,24-,25+/m1/s1. The van der Waals surface area contributed by atoms with E-state index in [-0.39, 0.29) is 47.6 Å². The van der Waals surface area contributed by atoms with Crippen LogP contribution in [0.5, 0.6) is 0 Å².